The van der Waals surface area contributed by atoms with Crippen LogP contribution in [0.5, 0.6) is 0 Å². The van der Waals surface area contributed by atoms with E-state index in [4.69, 9.17) is 5.26 Å². The summed E-state index contributed by atoms with van der Waals surface area (Å²) >= 11 is 0. The molecule has 2 rings (SSSR count). The molecule has 1 aromatic rings. The van der Waals surface area contributed by atoms with Crippen LogP contribution in [0, 0.1) is 11.3 Å². The highest BCUT2D eigenvalue weighted by Gasteiger charge is 2.26. The summed E-state index contributed by atoms with van der Waals surface area (Å²) in [6.45, 7) is 5.08. The minimum Gasteiger partial charge on any atom is -0.350 e. The molecule has 84 valence electrons. The zero-order valence-corrected chi connectivity index (χ0v) is 9.48. The molecular weight excluding hydrogens is 200 g/mol. The summed E-state index contributed by atoms with van der Waals surface area (Å²) in [4.78, 5) is 6.59. The quantitative estimate of drug-likeness (QED) is 0.820. The first-order valence-electron chi connectivity index (χ1n) is 5.69. The normalized spacial score (nSPS) is 15.2. The Kier molecular flexibility index (Phi) is 3.37. The van der Waals surface area contributed by atoms with Crippen molar-refractivity contribution in [2.24, 2.45) is 0 Å². The summed E-state index contributed by atoms with van der Waals surface area (Å²) in [5.41, 5.74) is 0.669. The minimum atomic E-state index is 0.488. The lowest BCUT2D eigenvalue weighted by atomic mass is 10.1. The molecule has 1 aliphatic heterocycles. The topological polar surface area (TPSA) is 52.0 Å². The van der Waals surface area contributed by atoms with Gasteiger partial charge in [0.1, 0.15) is 11.9 Å². The molecule has 0 aromatic carbocycles. The third-order valence-electron chi connectivity index (χ3n) is 2.84. The van der Waals surface area contributed by atoms with Crippen LogP contribution in [-0.2, 0) is 0 Å². The Labute approximate surface area is 95.9 Å². The zero-order valence-electron chi connectivity index (χ0n) is 9.48. The van der Waals surface area contributed by atoms with Crippen LogP contribution in [0.15, 0.2) is 18.3 Å². The largest absolute Gasteiger partial charge is 0.350 e. The Hall–Kier alpha value is -1.60. The van der Waals surface area contributed by atoms with E-state index in [0.29, 0.717) is 11.6 Å². The van der Waals surface area contributed by atoms with Gasteiger partial charge in [-0.2, -0.15) is 5.26 Å². The molecule has 1 N–H and O–H groups in total. The van der Waals surface area contributed by atoms with Crippen molar-refractivity contribution in [1.82, 2.24) is 10.3 Å². The Morgan fingerprint density at radius 1 is 1.62 bits per heavy atom. The number of nitrogens with zero attached hydrogens (tertiary/aromatic N) is 3. The second kappa shape index (κ2) is 4.95. The van der Waals surface area contributed by atoms with E-state index in [1.54, 1.807) is 6.20 Å². The van der Waals surface area contributed by atoms with E-state index in [1.807, 2.05) is 12.1 Å². The van der Waals surface area contributed by atoms with Gasteiger partial charge in [0.2, 0.25) is 0 Å². The fourth-order valence-electron chi connectivity index (χ4n) is 1.91. The van der Waals surface area contributed by atoms with Gasteiger partial charge in [0.25, 0.3) is 0 Å². The Morgan fingerprint density at radius 3 is 3.00 bits per heavy atom. The van der Waals surface area contributed by atoms with E-state index in [0.717, 1.165) is 31.9 Å². The van der Waals surface area contributed by atoms with E-state index in [-0.39, 0.29) is 0 Å². The third kappa shape index (κ3) is 2.00. The fourth-order valence-corrected chi connectivity index (χ4v) is 1.91. The van der Waals surface area contributed by atoms with Gasteiger partial charge >= 0.3 is 0 Å². The first-order valence-corrected chi connectivity index (χ1v) is 5.69. The number of rotatable bonds is 4. The van der Waals surface area contributed by atoms with Crippen molar-refractivity contribution in [2.45, 2.75) is 19.4 Å². The predicted molar refractivity (Wildman–Crippen MR) is 63.2 cm³/mol. The molecule has 1 aliphatic rings. The number of hydrogen-bond donors (Lipinski definition) is 1. The summed E-state index contributed by atoms with van der Waals surface area (Å²) in [5.74, 6) is 0.832. The highest BCUT2D eigenvalue weighted by molar-refractivity contribution is 5.54. The third-order valence-corrected chi connectivity index (χ3v) is 2.84. The first kappa shape index (κ1) is 10.9. The van der Waals surface area contributed by atoms with Crippen LogP contribution < -0.4 is 10.2 Å². The molecule has 0 aliphatic carbocycles. The van der Waals surface area contributed by atoms with E-state index < -0.39 is 0 Å². The molecule has 1 fully saturated rings. The number of aromatic nitrogens is 1. The summed E-state index contributed by atoms with van der Waals surface area (Å²) < 4.78 is 0. The van der Waals surface area contributed by atoms with E-state index in [2.05, 4.69) is 28.2 Å². The lowest BCUT2D eigenvalue weighted by Crippen LogP contribution is -2.58. The SMILES string of the molecule is CCCN(c1ncccc1C#N)C1CNC1. The Morgan fingerprint density at radius 2 is 2.44 bits per heavy atom. The average Bonchev–Trinajstić information content (AvgIpc) is 2.26. The Bertz CT molecular complexity index is 392. The van der Waals surface area contributed by atoms with Gasteiger partial charge < -0.3 is 10.2 Å². The highest BCUT2D eigenvalue weighted by atomic mass is 15.3. The van der Waals surface area contributed by atoms with E-state index in [1.165, 1.54) is 0 Å². The molecule has 1 aromatic heterocycles. The summed E-state index contributed by atoms with van der Waals surface area (Å²) in [5, 5.41) is 12.3. The van der Waals surface area contributed by atoms with Gasteiger partial charge in [0, 0.05) is 25.8 Å². The standard InChI is InChI=1S/C12H16N4/c1-2-6-16(11-8-14-9-11)12-10(7-13)4-3-5-15-12/h3-5,11,14H,2,6,8-9H2,1H3. The molecule has 4 heteroatoms. The molecule has 0 spiro atoms. The van der Waals surface area contributed by atoms with Gasteiger partial charge in [-0.15, -0.1) is 0 Å². The summed E-state index contributed by atoms with van der Waals surface area (Å²) in [7, 11) is 0. The lowest BCUT2D eigenvalue weighted by Gasteiger charge is -2.39. The average molecular weight is 216 g/mol. The van der Waals surface area contributed by atoms with Crippen molar-refractivity contribution in [3.05, 3.63) is 23.9 Å². The van der Waals surface area contributed by atoms with Gasteiger partial charge in [0.05, 0.1) is 11.6 Å². The van der Waals surface area contributed by atoms with Crippen molar-refractivity contribution < 1.29 is 0 Å². The summed E-state index contributed by atoms with van der Waals surface area (Å²) in [6.07, 6.45) is 2.82. The molecule has 16 heavy (non-hydrogen) atoms. The van der Waals surface area contributed by atoms with Crippen molar-refractivity contribution in [3.8, 4) is 6.07 Å². The number of nitriles is 1. The van der Waals surface area contributed by atoms with Gasteiger partial charge in [0.15, 0.2) is 0 Å². The molecule has 1 saturated heterocycles. The van der Waals surface area contributed by atoms with Crippen LogP contribution in [0.2, 0.25) is 0 Å². The molecule has 0 amide bonds. The van der Waals surface area contributed by atoms with Gasteiger partial charge in [-0.05, 0) is 18.6 Å². The maximum absolute atomic E-state index is 9.08. The second-order valence-electron chi connectivity index (χ2n) is 3.99. The smallest absolute Gasteiger partial charge is 0.146 e. The minimum absolute atomic E-state index is 0.488. The number of anilines is 1. The number of hydrogen-bond acceptors (Lipinski definition) is 4. The van der Waals surface area contributed by atoms with Crippen LogP contribution in [-0.4, -0.2) is 30.7 Å². The molecule has 4 nitrogen and oxygen atoms in total. The van der Waals surface area contributed by atoms with E-state index in [9.17, 15) is 0 Å². The number of nitrogens with one attached hydrogen (secondary N) is 1. The second-order valence-corrected chi connectivity index (χ2v) is 3.99. The molecule has 2 heterocycles. The molecule has 0 unspecified atom stereocenters. The molecule has 0 bridgehead atoms. The maximum atomic E-state index is 9.08. The van der Waals surface area contributed by atoms with Crippen LogP contribution in [0.3, 0.4) is 0 Å². The van der Waals surface area contributed by atoms with Crippen LogP contribution >= 0.6 is 0 Å². The molecular formula is C12H16N4. The Balaban J connectivity index is 2.27. The highest BCUT2D eigenvalue weighted by Crippen LogP contribution is 2.20. The summed E-state index contributed by atoms with van der Waals surface area (Å²) in [6, 6.07) is 6.34. The van der Waals surface area contributed by atoms with Crippen LogP contribution in [0.25, 0.3) is 0 Å². The molecule has 0 saturated carbocycles. The van der Waals surface area contributed by atoms with Crippen molar-refractivity contribution >= 4 is 5.82 Å². The van der Waals surface area contributed by atoms with Crippen molar-refractivity contribution in [3.63, 3.8) is 0 Å². The lowest BCUT2D eigenvalue weighted by molar-refractivity contribution is 0.410. The first-order chi connectivity index (χ1) is 7.86. The maximum Gasteiger partial charge on any atom is 0.146 e. The number of pyridine rings is 1. The van der Waals surface area contributed by atoms with Crippen molar-refractivity contribution in [1.29, 1.82) is 5.26 Å². The fraction of sp³-hybridized carbons (Fsp3) is 0.500. The molecule has 0 atom stereocenters. The van der Waals surface area contributed by atoms with E-state index >= 15 is 0 Å². The molecule has 0 radical (unpaired) electrons. The van der Waals surface area contributed by atoms with Gasteiger partial charge in [-0.3, -0.25) is 0 Å². The monoisotopic (exact) mass is 216 g/mol. The predicted octanol–water partition coefficient (Wildman–Crippen LogP) is 1.14. The van der Waals surface area contributed by atoms with Crippen LogP contribution in [0.4, 0.5) is 5.82 Å². The van der Waals surface area contributed by atoms with Crippen LogP contribution in [0.1, 0.15) is 18.9 Å². The zero-order chi connectivity index (χ0) is 11.4. The van der Waals surface area contributed by atoms with Gasteiger partial charge in [-0.1, -0.05) is 6.92 Å². The van der Waals surface area contributed by atoms with Crippen molar-refractivity contribution in [2.75, 3.05) is 24.5 Å². The van der Waals surface area contributed by atoms with Gasteiger partial charge in [-0.25, -0.2) is 4.98 Å².